The Hall–Kier alpha value is -1.62. The van der Waals surface area contributed by atoms with Gasteiger partial charge in [0, 0.05) is 5.56 Å². The van der Waals surface area contributed by atoms with Gasteiger partial charge in [0.1, 0.15) is 17.1 Å². The van der Waals surface area contributed by atoms with E-state index in [2.05, 4.69) is 67.6 Å². The lowest BCUT2D eigenvalue weighted by Crippen LogP contribution is -2.44. The summed E-state index contributed by atoms with van der Waals surface area (Å²) in [7, 11) is -1.94. The van der Waals surface area contributed by atoms with Gasteiger partial charge < -0.3 is 9.16 Å². The third kappa shape index (κ3) is 6.71. The minimum Gasteiger partial charge on any atom is -0.543 e. The number of benzene rings is 1. The molecule has 0 aromatic heterocycles. The SMILES string of the molecule is C/C(=C\CC[C@@]1(C)CCc2c(C)c(O[Si](C)(C)C(C)(C)C)c(C)c(C)c2O1)CCC=C(F)F. The third-order valence-electron chi connectivity index (χ3n) is 7.73. The number of hydrogen-bond acceptors (Lipinski definition) is 2. The fraction of sp³-hybridized carbons (Fsp3) is 0.643. The van der Waals surface area contributed by atoms with Crippen LogP contribution in [0.2, 0.25) is 18.1 Å². The van der Waals surface area contributed by atoms with Gasteiger partial charge >= 0.3 is 0 Å². The van der Waals surface area contributed by atoms with Gasteiger partial charge in [-0.1, -0.05) is 32.4 Å². The second kappa shape index (κ2) is 10.3. The number of fused-ring (bicyclic) bond motifs is 1. The third-order valence-corrected chi connectivity index (χ3v) is 12.1. The standard InChI is InChI=1S/C28H44F2O2Si/c1-19(13-11-15-24(29)30)14-12-17-28(8)18-16-23-22(4)25(20(2)21(3)26(23)31-28)32-33(9,10)27(5,6)7/h14-15H,11-13,16-18H2,1-10H3/b19-14+/t28-/m0/s1. The second-order valence-electron chi connectivity index (χ2n) is 11.5. The molecule has 1 atom stereocenters. The molecule has 0 amide bonds. The molecule has 0 aliphatic carbocycles. The van der Waals surface area contributed by atoms with E-state index in [1.54, 1.807) is 0 Å². The number of hydrogen-bond donors (Lipinski definition) is 0. The van der Waals surface area contributed by atoms with Gasteiger partial charge in [0.2, 0.25) is 0 Å². The minimum absolute atomic E-state index is 0.146. The van der Waals surface area contributed by atoms with E-state index < -0.39 is 14.4 Å². The van der Waals surface area contributed by atoms with Crippen LogP contribution < -0.4 is 9.16 Å². The molecule has 1 aliphatic heterocycles. The van der Waals surface area contributed by atoms with Gasteiger partial charge in [-0.05, 0) is 114 Å². The first-order valence-corrected chi connectivity index (χ1v) is 15.2. The van der Waals surface area contributed by atoms with Crippen molar-refractivity contribution in [2.75, 3.05) is 0 Å². The van der Waals surface area contributed by atoms with Crippen LogP contribution in [0.15, 0.2) is 23.8 Å². The highest BCUT2D eigenvalue weighted by molar-refractivity contribution is 6.74. The molecule has 1 heterocycles. The monoisotopic (exact) mass is 478 g/mol. The highest BCUT2D eigenvalue weighted by Crippen LogP contribution is 2.47. The molecule has 0 radical (unpaired) electrons. The molecule has 2 rings (SSSR count). The highest BCUT2D eigenvalue weighted by atomic mass is 28.4. The van der Waals surface area contributed by atoms with Gasteiger partial charge in [-0.15, -0.1) is 0 Å². The van der Waals surface area contributed by atoms with Crippen molar-refractivity contribution in [3.63, 3.8) is 0 Å². The first-order chi connectivity index (χ1) is 15.1. The molecule has 33 heavy (non-hydrogen) atoms. The Morgan fingerprint density at radius 2 is 1.70 bits per heavy atom. The molecular formula is C28H44F2O2Si. The van der Waals surface area contributed by atoms with Crippen LogP contribution in [0.4, 0.5) is 8.78 Å². The summed E-state index contributed by atoms with van der Waals surface area (Å²) >= 11 is 0. The average molecular weight is 479 g/mol. The lowest BCUT2D eigenvalue weighted by molar-refractivity contribution is 0.0559. The predicted octanol–water partition coefficient (Wildman–Crippen LogP) is 9.37. The van der Waals surface area contributed by atoms with Crippen LogP contribution in [-0.4, -0.2) is 13.9 Å². The molecule has 5 heteroatoms. The zero-order chi connectivity index (χ0) is 25.2. The molecule has 1 aromatic rings. The summed E-state index contributed by atoms with van der Waals surface area (Å²) in [5, 5.41) is 0.146. The molecule has 186 valence electrons. The van der Waals surface area contributed by atoms with Crippen LogP contribution in [0.5, 0.6) is 11.5 Å². The van der Waals surface area contributed by atoms with E-state index in [-0.39, 0.29) is 10.6 Å². The number of halogens is 2. The van der Waals surface area contributed by atoms with Crippen LogP contribution in [0.25, 0.3) is 0 Å². The molecule has 0 bridgehead atoms. The van der Waals surface area contributed by atoms with Crippen LogP contribution in [0.3, 0.4) is 0 Å². The fourth-order valence-electron chi connectivity index (χ4n) is 4.15. The second-order valence-corrected chi connectivity index (χ2v) is 16.3. The molecule has 1 aromatic carbocycles. The zero-order valence-electron chi connectivity index (χ0n) is 22.5. The number of rotatable bonds is 8. The van der Waals surface area contributed by atoms with Gasteiger partial charge in [0.05, 0.1) is 0 Å². The van der Waals surface area contributed by atoms with E-state index in [1.807, 2.05) is 6.92 Å². The predicted molar refractivity (Wildman–Crippen MR) is 138 cm³/mol. The van der Waals surface area contributed by atoms with Crippen molar-refractivity contribution in [3.8, 4) is 11.5 Å². The van der Waals surface area contributed by atoms with Crippen molar-refractivity contribution in [3.05, 3.63) is 46.1 Å². The topological polar surface area (TPSA) is 18.5 Å². The van der Waals surface area contributed by atoms with Crippen LogP contribution in [-0.2, 0) is 6.42 Å². The van der Waals surface area contributed by atoms with E-state index in [9.17, 15) is 8.78 Å². The molecular weight excluding hydrogens is 434 g/mol. The molecule has 0 saturated heterocycles. The van der Waals surface area contributed by atoms with Gasteiger partial charge in [0.15, 0.2) is 0 Å². The maximum Gasteiger partial charge on any atom is 0.266 e. The van der Waals surface area contributed by atoms with Crippen molar-refractivity contribution >= 4 is 8.32 Å². The van der Waals surface area contributed by atoms with Crippen LogP contribution in [0, 0.1) is 20.8 Å². The van der Waals surface area contributed by atoms with Gasteiger partial charge in [-0.3, -0.25) is 0 Å². The van der Waals surface area contributed by atoms with Gasteiger partial charge in [-0.25, -0.2) is 0 Å². The maximum absolute atomic E-state index is 12.2. The molecule has 0 fully saturated rings. The largest absolute Gasteiger partial charge is 0.543 e. The lowest BCUT2D eigenvalue weighted by atomic mass is 9.85. The molecule has 0 N–H and O–H groups in total. The lowest BCUT2D eigenvalue weighted by Gasteiger charge is -2.41. The molecule has 0 unspecified atom stereocenters. The van der Waals surface area contributed by atoms with E-state index in [1.165, 1.54) is 22.3 Å². The van der Waals surface area contributed by atoms with E-state index in [0.717, 1.165) is 48.8 Å². The Balaban J connectivity index is 2.20. The summed E-state index contributed by atoms with van der Waals surface area (Å²) in [5.41, 5.74) is 5.81. The molecule has 0 spiro atoms. The first-order valence-electron chi connectivity index (χ1n) is 12.3. The summed E-state index contributed by atoms with van der Waals surface area (Å²) in [6, 6.07) is 0. The van der Waals surface area contributed by atoms with Crippen molar-refractivity contribution in [2.24, 2.45) is 0 Å². The van der Waals surface area contributed by atoms with Gasteiger partial charge in [0.25, 0.3) is 14.4 Å². The summed E-state index contributed by atoms with van der Waals surface area (Å²) in [6.07, 6.45) is 6.39. The number of ether oxygens (including phenoxy) is 1. The Kier molecular flexibility index (Phi) is 8.65. The van der Waals surface area contributed by atoms with E-state index >= 15 is 0 Å². The van der Waals surface area contributed by atoms with E-state index in [4.69, 9.17) is 9.16 Å². The Morgan fingerprint density at radius 3 is 2.27 bits per heavy atom. The number of allylic oxidation sites excluding steroid dienone is 3. The average Bonchev–Trinajstić information content (AvgIpc) is 2.68. The van der Waals surface area contributed by atoms with E-state index in [0.29, 0.717) is 12.8 Å². The van der Waals surface area contributed by atoms with Crippen LogP contribution in [0.1, 0.15) is 89.0 Å². The Bertz CT molecular complexity index is 921. The molecule has 2 nitrogen and oxygen atoms in total. The Labute approximate surface area is 201 Å². The highest BCUT2D eigenvalue weighted by Gasteiger charge is 2.41. The summed E-state index contributed by atoms with van der Waals surface area (Å²) in [4.78, 5) is 0. The zero-order valence-corrected chi connectivity index (χ0v) is 23.5. The maximum atomic E-state index is 12.2. The van der Waals surface area contributed by atoms with Crippen molar-refractivity contribution in [1.29, 1.82) is 0 Å². The van der Waals surface area contributed by atoms with Crippen molar-refractivity contribution in [1.82, 2.24) is 0 Å². The fourth-order valence-corrected chi connectivity index (χ4v) is 5.28. The Morgan fingerprint density at radius 1 is 1.06 bits per heavy atom. The normalized spacial score (nSPS) is 19.1. The van der Waals surface area contributed by atoms with Crippen molar-refractivity contribution in [2.45, 2.75) is 118 Å². The molecule has 0 saturated carbocycles. The quantitative estimate of drug-likeness (QED) is 0.274. The summed E-state index contributed by atoms with van der Waals surface area (Å²) < 4.78 is 37.9. The first kappa shape index (κ1) is 27.6. The molecule has 1 aliphatic rings. The smallest absolute Gasteiger partial charge is 0.266 e. The minimum atomic E-state index is -1.94. The summed E-state index contributed by atoms with van der Waals surface area (Å²) in [5.74, 6) is 2.09. The van der Waals surface area contributed by atoms with Crippen molar-refractivity contribution < 1.29 is 17.9 Å². The summed E-state index contributed by atoms with van der Waals surface area (Å²) in [6.45, 7) is 22.1. The van der Waals surface area contributed by atoms with Gasteiger partial charge in [-0.2, -0.15) is 8.78 Å². The van der Waals surface area contributed by atoms with Crippen LogP contribution >= 0.6 is 0 Å².